The summed E-state index contributed by atoms with van der Waals surface area (Å²) in [6.07, 6.45) is 3.32. The number of aromatic hydroxyl groups is 2. The Kier molecular flexibility index (Phi) is 2.59. The Morgan fingerprint density at radius 3 is 2.68 bits per heavy atom. The monoisotopic (exact) mass is 337 g/mol. The Balaban J connectivity index is 1.61. The third-order valence-corrected chi connectivity index (χ3v) is 4.23. The zero-order chi connectivity index (χ0) is 17.1. The normalized spacial score (nSPS) is 16.5. The fraction of sp³-hybridized carbons (Fsp3) is 0.0556. The van der Waals surface area contributed by atoms with Gasteiger partial charge in [0.1, 0.15) is 22.8 Å². The minimum absolute atomic E-state index is 0.0431. The van der Waals surface area contributed by atoms with Gasteiger partial charge in [-0.05, 0) is 12.1 Å². The lowest BCUT2D eigenvalue weighted by molar-refractivity contribution is 0.101. The average Bonchev–Trinajstić information content (AvgIpc) is 3.24. The van der Waals surface area contributed by atoms with Gasteiger partial charge in [-0.25, -0.2) is 0 Å². The predicted molar refractivity (Wildman–Crippen MR) is 87.1 cm³/mol. The van der Waals surface area contributed by atoms with Crippen LogP contribution in [0.1, 0.15) is 15.9 Å². The Morgan fingerprint density at radius 1 is 1.04 bits per heavy atom. The van der Waals surface area contributed by atoms with Crippen molar-refractivity contribution in [2.45, 2.75) is 0 Å². The Morgan fingerprint density at radius 2 is 1.84 bits per heavy atom. The van der Waals surface area contributed by atoms with Gasteiger partial charge in [-0.2, -0.15) is 0 Å². The molecule has 0 fully saturated rings. The smallest absolute Gasteiger partial charge is 0.235 e. The van der Waals surface area contributed by atoms with Crippen LogP contribution in [0.2, 0.25) is 0 Å². The molecule has 7 nitrogen and oxygen atoms in total. The van der Waals surface area contributed by atoms with Gasteiger partial charge in [0, 0.05) is 40.9 Å². The zero-order valence-corrected chi connectivity index (χ0v) is 12.7. The first kappa shape index (κ1) is 13.8. The number of Topliss-reactive ketones (excluding diaryl/α,β-unsaturated/α-hetero) is 1. The maximum absolute atomic E-state index is 12.5. The van der Waals surface area contributed by atoms with Crippen molar-refractivity contribution in [2.24, 2.45) is 0 Å². The molecule has 5 rings (SSSR count). The van der Waals surface area contributed by atoms with Gasteiger partial charge >= 0.3 is 0 Å². The van der Waals surface area contributed by atoms with Crippen LogP contribution in [0.4, 0.5) is 0 Å². The topological polar surface area (TPSA) is 101 Å². The van der Waals surface area contributed by atoms with Crippen molar-refractivity contribution in [3.8, 4) is 28.7 Å². The van der Waals surface area contributed by atoms with E-state index in [2.05, 4.69) is 4.98 Å². The second-order valence-corrected chi connectivity index (χ2v) is 5.77. The van der Waals surface area contributed by atoms with Gasteiger partial charge in [0.2, 0.25) is 12.6 Å². The van der Waals surface area contributed by atoms with E-state index in [1.165, 1.54) is 6.07 Å². The number of aromatic amines is 1. The molecule has 7 heteroatoms. The number of phenols is 2. The maximum atomic E-state index is 12.5. The summed E-state index contributed by atoms with van der Waals surface area (Å²) in [7, 11) is 0. The number of ketones is 1. The van der Waals surface area contributed by atoms with Gasteiger partial charge in [0.15, 0.2) is 17.3 Å². The summed E-state index contributed by atoms with van der Waals surface area (Å²) in [5, 5.41) is 20.3. The third kappa shape index (κ3) is 1.96. The molecule has 3 aromatic rings. The van der Waals surface area contributed by atoms with E-state index in [1.807, 2.05) is 12.1 Å². The number of hydrogen-bond acceptors (Lipinski definition) is 6. The molecule has 0 saturated heterocycles. The third-order valence-electron chi connectivity index (χ3n) is 4.23. The first-order valence-corrected chi connectivity index (χ1v) is 7.51. The van der Waals surface area contributed by atoms with Crippen LogP contribution < -0.4 is 14.2 Å². The highest BCUT2D eigenvalue weighted by Gasteiger charge is 2.31. The molecule has 0 aliphatic carbocycles. The standard InChI is InChI=1S/C18H11NO6/c20-9-2-12(21)17-15(3-9)25-16(18(17)22)1-8-6-19-11-5-14-13(4-10(8)11)23-7-24-14/h1-6,19-21H,7H2/b16-1-. The zero-order valence-electron chi connectivity index (χ0n) is 12.7. The van der Waals surface area contributed by atoms with E-state index >= 15 is 0 Å². The summed E-state index contributed by atoms with van der Waals surface area (Å²) in [4.78, 5) is 15.6. The summed E-state index contributed by atoms with van der Waals surface area (Å²) < 4.78 is 16.2. The largest absolute Gasteiger partial charge is 0.508 e. The highest BCUT2D eigenvalue weighted by molar-refractivity contribution is 6.16. The first-order valence-electron chi connectivity index (χ1n) is 7.51. The fourth-order valence-electron chi connectivity index (χ4n) is 3.07. The van der Waals surface area contributed by atoms with Crippen LogP contribution in [-0.2, 0) is 0 Å². The van der Waals surface area contributed by atoms with Gasteiger partial charge < -0.3 is 29.4 Å². The average molecular weight is 337 g/mol. The number of benzene rings is 2. The summed E-state index contributed by atoms with van der Waals surface area (Å²) in [5.41, 5.74) is 1.61. The molecule has 0 bridgehead atoms. The molecular formula is C18H11NO6. The molecule has 124 valence electrons. The highest BCUT2D eigenvalue weighted by atomic mass is 16.7. The van der Waals surface area contributed by atoms with Crippen LogP contribution >= 0.6 is 0 Å². The number of H-pyrrole nitrogens is 1. The van der Waals surface area contributed by atoms with Crippen molar-refractivity contribution in [3.05, 3.63) is 47.3 Å². The van der Waals surface area contributed by atoms with Crippen molar-refractivity contribution >= 4 is 22.8 Å². The Labute approximate surface area is 140 Å². The van der Waals surface area contributed by atoms with Crippen molar-refractivity contribution < 1.29 is 29.2 Å². The quantitative estimate of drug-likeness (QED) is 0.590. The molecule has 0 amide bonds. The van der Waals surface area contributed by atoms with Gasteiger partial charge in [-0.1, -0.05) is 0 Å². The van der Waals surface area contributed by atoms with Crippen molar-refractivity contribution in [3.63, 3.8) is 0 Å². The number of phenolic OH excluding ortho intramolecular Hbond substituents is 2. The van der Waals surface area contributed by atoms with E-state index in [0.29, 0.717) is 11.5 Å². The van der Waals surface area contributed by atoms with Crippen molar-refractivity contribution in [1.82, 2.24) is 4.98 Å². The van der Waals surface area contributed by atoms with Crippen molar-refractivity contribution in [1.29, 1.82) is 0 Å². The number of rotatable bonds is 1. The molecule has 0 atom stereocenters. The van der Waals surface area contributed by atoms with Crippen LogP contribution in [0.15, 0.2) is 36.2 Å². The number of nitrogens with one attached hydrogen (secondary N) is 1. The summed E-state index contributed by atoms with van der Waals surface area (Å²) >= 11 is 0. The molecule has 0 radical (unpaired) electrons. The lowest BCUT2D eigenvalue weighted by atomic mass is 10.1. The summed E-state index contributed by atoms with van der Waals surface area (Å²) in [6, 6.07) is 6.06. The number of carbonyl (C=O) groups is 1. The molecular weight excluding hydrogens is 326 g/mol. The van der Waals surface area contributed by atoms with Gasteiger partial charge in [-0.15, -0.1) is 0 Å². The van der Waals surface area contributed by atoms with E-state index in [0.717, 1.165) is 22.5 Å². The molecule has 2 aliphatic rings. The molecule has 0 spiro atoms. The lowest BCUT2D eigenvalue weighted by Gasteiger charge is -2.00. The molecule has 3 N–H and O–H groups in total. The fourth-order valence-corrected chi connectivity index (χ4v) is 3.07. The number of allylic oxidation sites excluding steroid dienone is 1. The molecule has 2 aromatic carbocycles. The number of hydrogen-bond donors (Lipinski definition) is 3. The second kappa shape index (κ2) is 4.70. The van der Waals surface area contributed by atoms with Crippen LogP contribution in [-0.4, -0.2) is 27.8 Å². The minimum Gasteiger partial charge on any atom is -0.508 e. The molecule has 2 aliphatic heterocycles. The van der Waals surface area contributed by atoms with Crippen molar-refractivity contribution in [2.75, 3.05) is 6.79 Å². The lowest BCUT2D eigenvalue weighted by Crippen LogP contribution is -1.98. The molecule has 0 saturated carbocycles. The van der Waals surface area contributed by atoms with E-state index in [1.54, 1.807) is 12.3 Å². The molecule has 25 heavy (non-hydrogen) atoms. The number of fused-ring (bicyclic) bond motifs is 3. The van der Waals surface area contributed by atoms with E-state index in [-0.39, 0.29) is 35.4 Å². The first-order chi connectivity index (χ1) is 12.1. The van der Waals surface area contributed by atoms with Gasteiger partial charge in [0.25, 0.3) is 0 Å². The summed E-state index contributed by atoms with van der Waals surface area (Å²) in [6.45, 7) is 0.179. The van der Waals surface area contributed by atoms with Crippen LogP contribution in [0.25, 0.3) is 17.0 Å². The number of ether oxygens (including phenoxy) is 3. The molecule has 0 unspecified atom stereocenters. The summed E-state index contributed by atoms with van der Waals surface area (Å²) in [5.74, 6) is 0.560. The Hall–Kier alpha value is -3.61. The highest BCUT2D eigenvalue weighted by Crippen LogP contribution is 2.42. The predicted octanol–water partition coefficient (Wildman–Crippen LogP) is 2.92. The van der Waals surface area contributed by atoms with E-state index in [4.69, 9.17) is 14.2 Å². The molecule has 3 heterocycles. The SMILES string of the molecule is O=C1/C(=C/c2c[nH]c3cc4c(cc23)OCO4)Oc2cc(O)cc(O)c21. The Bertz CT molecular complexity index is 1090. The van der Waals surface area contributed by atoms with Gasteiger partial charge in [-0.3, -0.25) is 4.79 Å². The van der Waals surface area contributed by atoms with E-state index in [9.17, 15) is 15.0 Å². The van der Waals surface area contributed by atoms with Gasteiger partial charge in [0.05, 0.1) is 0 Å². The van der Waals surface area contributed by atoms with Crippen LogP contribution in [0, 0.1) is 0 Å². The minimum atomic E-state index is -0.442. The number of carbonyl (C=O) groups excluding carboxylic acids is 1. The maximum Gasteiger partial charge on any atom is 0.235 e. The van der Waals surface area contributed by atoms with Crippen LogP contribution in [0.3, 0.4) is 0 Å². The second-order valence-electron chi connectivity index (χ2n) is 5.77. The number of aromatic nitrogens is 1. The molecule has 1 aromatic heterocycles. The van der Waals surface area contributed by atoms with E-state index < -0.39 is 5.78 Å². The van der Waals surface area contributed by atoms with Crippen LogP contribution in [0.5, 0.6) is 28.7 Å².